The molecular formula is C11H13F3N2. The van der Waals surface area contributed by atoms with Crippen molar-refractivity contribution in [1.29, 1.82) is 0 Å². The Morgan fingerprint density at radius 1 is 1.25 bits per heavy atom. The molecule has 0 spiro atoms. The highest BCUT2D eigenvalue weighted by molar-refractivity contribution is 5.48. The zero-order valence-corrected chi connectivity index (χ0v) is 8.93. The summed E-state index contributed by atoms with van der Waals surface area (Å²) in [5.74, 6) is -3.69. The van der Waals surface area contributed by atoms with Crippen LogP contribution in [0.2, 0.25) is 0 Å². The Morgan fingerprint density at radius 3 is 2.44 bits per heavy atom. The van der Waals surface area contributed by atoms with Crippen LogP contribution in [0, 0.1) is 17.5 Å². The lowest BCUT2D eigenvalue weighted by Crippen LogP contribution is -2.49. The molecule has 1 aromatic carbocycles. The van der Waals surface area contributed by atoms with Crippen LogP contribution in [0.5, 0.6) is 0 Å². The zero-order valence-electron chi connectivity index (χ0n) is 8.93. The molecule has 16 heavy (non-hydrogen) atoms. The van der Waals surface area contributed by atoms with Crippen molar-refractivity contribution in [3.05, 3.63) is 29.6 Å². The number of benzene rings is 1. The summed E-state index contributed by atoms with van der Waals surface area (Å²) < 4.78 is 38.8. The van der Waals surface area contributed by atoms with Gasteiger partial charge < -0.3 is 10.2 Å². The van der Waals surface area contributed by atoms with E-state index in [4.69, 9.17) is 0 Å². The van der Waals surface area contributed by atoms with E-state index in [9.17, 15) is 13.2 Å². The maximum absolute atomic E-state index is 13.0. The van der Waals surface area contributed by atoms with Crippen LogP contribution < -0.4 is 10.2 Å². The Balaban J connectivity index is 2.26. The van der Waals surface area contributed by atoms with Gasteiger partial charge in [0.15, 0.2) is 17.5 Å². The summed E-state index contributed by atoms with van der Waals surface area (Å²) in [6.07, 6.45) is 0. The molecule has 0 radical (unpaired) electrons. The molecule has 2 rings (SSSR count). The summed E-state index contributed by atoms with van der Waals surface area (Å²) in [6.45, 7) is 4.06. The van der Waals surface area contributed by atoms with Gasteiger partial charge >= 0.3 is 0 Å². The molecule has 2 nitrogen and oxygen atoms in total. The third-order valence-electron chi connectivity index (χ3n) is 2.70. The lowest BCUT2D eigenvalue weighted by molar-refractivity contribution is 0.443. The van der Waals surface area contributed by atoms with Gasteiger partial charge in [-0.05, 0) is 6.92 Å². The highest BCUT2D eigenvalue weighted by Gasteiger charge is 2.19. The zero-order chi connectivity index (χ0) is 11.7. The Morgan fingerprint density at radius 2 is 1.88 bits per heavy atom. The Hall–Kier alpha value is -1.23. The summed E-state index contributed by atoms with van der Waals surface area (Å²) in [7, 11) is 0. The average Bonchev–Trinajstić information content (AvgIpc) is 2.25. The molecule has 1 aliphatic heterocycles. The largest absolute Gasteiger partial charge is 0.369 e. The third-order valence-corrected chi connectivity index (χ3v) is 2.70. The average molecular weight is 230 g/mol. The second-order valence-electron chi connectivity index (χ2n) is 4.02. The maximum atomic E-state index is 13.0. The minimum Gasteiger partial charge on any atom is -0.369 e. The summed E-state index contributed by atoms with van der Waals surface area (Å²) >= 11 is 0. The third kappa shape index (κ3) is 2.14. The van der Waals surface area contributed by atoms with Crippen LogP contribution in [0.15, 0.2) is 12.1 Å². The van der Waals surface area contributed by atoms with Crippen molar-refractivity contribution in [3.8, 4) is 0 Å². The predicted octanol–water partition coefficient (Wildman–Crippen LogP) is 1.90. The molecular weight excluding hydrogens is 217 g/mol. The van der Waals surface area contributed by atoms with Crippen molar-refractivity contribution < 1.29 is 13.2 Å². The lowest BCUT2D eigenvalue weighted by Gasteiger charge is -2.33. The maximum Gasteiger partial charge on any atom is 0.194 e. The molecule has 1 heterocycles. The van der Waals surface area contributed by atoms with E-state index >= 15 is 0 Å². The highest BCUT2D eigenvalue weighted by atomic mass is 19.2. The summed E-state index contributed by atoms with van der Waals surface area (Å²) in [5, 5.41) is 3.22. The minimum absolute atomic E-state index is 0.255. The SMILES string of the molecule is C[C@@H]1CN(c2cc(F)c(F)c(F)c2)CCN1. The van der Waals surface area contributed by atoms with Crippen molar-refractivity contribution in [3.63, 3.8) is 0 Å². The lowest BCUT2D eigenvalue weighted by atomic mass is 10.2. The van der Waals surface area contributed by atoms with E-state index in [0.717, 1.165) is 18.7 Å². The Labute approximate surface area is 92.1 Å². The number of anilines is 1. The molecule has 0 amide bonds. The van der Waals surface area contributed by atoms with Gasteiger partial charge in [0.25, 0.3) is 0 Å². The number of rotatable bonds is 1. The van der Waals surface area contributed by atoms with Crippen LogP contribution in [0.25, 0.3) is 0 Å². The van der Waals surface area contributed by atoms with Crippen LogP contribution in [0.1, 0.15) is 6.92 Å². The van der Waals surface area contributed by atoms with Gasteiger partial charge in [-0.2, -0.15) is 0 Å². The first-order valence-electron chi connectivity index (χ1n) is 5.21. The van der Waals surface area contributed by atoms with Crippen LogP contribution >= 0.6 is 0 Å². The van der Waals surface area contributed by atoms with Gasteiger partial charge in [-0.15, -0.1) is 0 Å². The summed E-state index contributed by atoms with van der Waals surface area (Å²) in [5.41, 5.74) is 0.393. The molecule has 1 N–H and O–H groups in total. The molecule has 88 valence electrons. The topological polar surface area (TPSA) is 15.3 Å². The molecule has 1 fully saturated rings. The van der Waals surface area contributed by atoms with Crippen molar-refractivity contribution in [1.82, 2.24) is 5.32 Å². The second kappa shape index (κ2) is 4.33. The van der Waals surface area contributed by atoms with Crippen molar-refractivity contribution >= 4 is 5.69 Å². The van der Waals surface area contributed by atoms with E-state index in [-0.39, 0.29) is 6.04 Å². The van der Waals surface area contributed by atoms with Gasteiger partial charge in [-0.1, -0.05) is 0 Å². The second-order valence-corrected chi connectivity index (χ2v) is 4.02. The van der Waals surface area contributed by atoms with Gasteiger partial charge in [0.05, 0.1) is 0 Å². The highest BCUT2D eigenvalue weighted by Crippen LogP contribution is 2.21. The summed E-state index contributed by atoms with van der Waals surface area (Å²) in [4.78, 5) is 1.84. The van der Waals surface area contributed by atoms with Crippen molar-refractivity contribution in [2.45, 2.75) is 13.0 Å². The number of piperazine rings is 1. The van der Waals surface area contributed by atoms with E-state index in [1.54, 1.807) is 0 Å². The molecule has 1 saturated heterocycles. The molecule has 0 bridgehead atoms. The smallest absolute Gasteiger partial charge is 0.194 e. The Kier molecular flexibility index (Phi) is 3.05. The van der Waals surface area contributed by atoms with Crippen LogP contribution in [-0.4, -0.2) is 25.7 Å². The quantitative estimate of drug-likeness (QED) is 0.741. The molecule has 1 aliphatic rings. The van der Waals surface area contributed by atoms with Gasteiger partial charge in [-0.25, -0.2) is 13.2 Å². The van der Waals surface area contributed by atoms with E-state index < -0.39 is 17.5 Å². The van der Waals surface area contributed by atoms with Crippen LogP contribution in [-0.2, 0) is 0 Å². The van der Waals surface area contributed by atoms with Crippen molar-refractivity contribution in [2.24, 2.45) is 0 Å². The van der Waals surface area contributed by atoms with Gasteiger partial charge in [-0.3, -0.25) is 0 Å². The van der Waals surface area contributed by atoms with Crippen molar-refractivity contribution in [2.75, 3.05) is 24.5 Å². The van der Waals surface area contributed by atoms with E-state index in [2.05, 4.69) is 5.32 Å². The molecule has 1 atom stereocenters. The molecule has 0 aromatic heterocycles. The monoisotopic (exact) mass is 230 g/mol. The van der Waals surface area contributed by atoms with Gasteiger partial charge in [0.1, 0.15) is 0 Å². The first kappa shape index (κ1) is 11.3. The number of nitrogens with zero attached hydrogens (tertiary/aromatic N) is 1. The van der Waals surface area contributed by atoms with Gasteiger partial charge in [0.2, 0.25) is 0 Å². The number of hydrogen-bond donors (Lipinski definition) is 1. The molecule has 0 saturated carbocycles. The normalized spacial score (nSPS) is 21.2. The fourth-order valence-electron chi connectivity index (χ4n) is 1.89. The number of hydrogen-bond acceptors (Lipinski definition) is 2. The number of nitrogens with one attached hydrogen (secondary N) is 1. The molecule has 1 aromatic rings. The molecule has 0 unspecified atom stereocenters. The fourth-order valence-corrected chi connectivity index (χ4v) is 1.89. The van der Waals surface area contributed by atoms with Crippen LogP contribution in [0.4, 0.5) is 18.9 Å². The fraction of sp³-hybridized carbons (Fsp3) is 0.455. The minimum atomic E-state index is -1.41. The Bertz CT molecular complexity index is 372. The van der Waals surface area contributed by atoms with E-state index in [1.165, 1.54) is 0 Å². The first-order chi connectivity index (χ1) is 7.58. The molecule has 0 aliphatic carbocycles. The molecule has 5 heteroatoms. The van der Waals surface area contributed by atoms with E-state index in [0.29, 0.717) is 18.8 Å². The standard InChI is InChI=1S/C11H13F3N2/c1-7-6-16(3-2-15-7)8-4-9(12)11(14)10(13)5-8/h4-5,7,15H,2-3,6H2,1H3/t7-/m1/s1. The predicted molar refractivity (Wildman–Crippen MR) is 56.0 cm³/mol. The number of halogens is 3. The first-order valence-corrected chi connectivity index (χ1v) is 5.21. The summed E-state index contributed by atoms with van der Waals surface area (Å²) in [6, 6.07) is 2.33. The van der Waals surface area contributed by atoms with Crippen LogP contribution in [0.3, 0.4) is 0 Å². The van der Waals surface area contributed by atoms with Gasteiger partial charge in [0, 0.05) is 43.5 Å². The van der Waals surface area contributed by atoms with E-state index in [1.807, 2.05) is 11.8 Å².